The van der Waals surface area contributed by atoms with E-state index in [1.807, 2.05) is 11.3 Å². The van der Waals surface area contributed by atoms with Gasteiger partial charge in [0.1, 0.15) is 5.58 Å². The molecule has 6 aromatic carbocycles. The van der Waals surface area contributed by atoms with Gasteiger partial charge in [-0.3, -0.25) is 4.90 Å². The van der Waals surface area contributed by atoms with Crippen molar-refractivity contribution in [3.05, 3.63) is 147 Å². The number of rotatable bonds is 3. The zero-order chi connectivity index (χ0) is 43.9. The summed E-state index contributed by atoms with van der Waals surface area (Å²) in [5, 5.41) is 4.84. The number of furan rings is 1. The molecule has 5 heteroatoms. The molecule has 0 spiro atoms. The summed E-state index contributed by atoms with van der Waals surface area (Å²) in [5.41, 5.74) is 23.7. The Balaban J connectivity index is 1.31. The second kappa shape index (κ2) is 13.7. The number of aryl methyl sites for hydroxylation is 5. The van der Waals surface area contributed by atoms with Crippen LogP contribution >= 0.6 is 11.3 Å². The van der Waals surface area contributed by atoms with Crippen LogP contribution in [0.3, 0.4) is 0 Å². The highest BCUT2D eigenvalue weighted by Crippen LogP contribution is 2.50. The Morgan fingerprint density at radius 3 is 1.73 bits per heavy atom. The molecule has 0 fully saturated rings. The van der Waals surface area contributed by atoms with Crippen molar-refractivity contribution in [3.63, 3.8) is 0 Å². The lowest BCUT2D eigenvalue weighted by Gasteiger charge is -2.44. The molecule has 0 aliphatic carbocycles. The third-order valence-corrected chi connectivity index (χ3v) is 14.6. The summed E-state index contributed by atoms with van der Waals surface area (Å²) in [7, 11) is 0. The molecular formula is C57H59BN2OS. The van der Waals surface area contributed by atoms with Crippen LogP contribution in [-0.2, 0) is 16.2 Å². The fraction of sp³-hybridized carbons (Fsp3) is 0.298. The Bertz CT molecular complexity index is 3110. The number of nitrogens with zero attached hydrogens (tertiary/aromatic N) is 2. The number of hydrogen-bond acceptors (Lipinski definition) is 4. The van der Waals surface area contributed by atoms with Gasteiger partial charge in [-0.25, -0.2) is 0 Å². The van der Waals surface area contributed by atoms with Crippen molar-refractivity contribution in [1.29, 1.82) is 0 Å². The van der Waals surface area contributed by atoms with Crippen molar-refractivity contribution >= 4 is 89.8 Å². The summed E-state index contributed by atoms with van der Waals surface area (Å²) in [6, 6.07) is 37.5. The van der Waals surface area contributed by atoms with Crippen molar-refractivity contribution in [3.8, 4) is 11.1 Å². The fourth-order valence-electron chi connectivity index (χ4n) is 10.5. The minimum Gasteiger partial charge on any atom is -0.440 e. The van der Waals surface area contributed by atoms with Gasteiger partial charge in [0.2, 0.25) is 5.88 Å². The van der Waals surface area contributed by atoms with Gasteiger partial charge in [-0.05, 0) is 166 Å². The maximum absolute atomic E-state index is 7.28. The molecule has 0 radical (unpaired) electrons. The van der Waals surface area contributed by atoms with Crippen LogP contribution < -0.4 is 26.2 Å². The quantitative estimate of drug-likeness (QED) is 0.165. The van der Waals surface area contributed by atoms with Crippen LogP contribution in [0.2, 0.25) is 0 Å². The molecule has 312 valence electrons. The van der Waals surface area contributed by atoms with E-state index in [4.69, 9.17) is 4.42 Å². The molecule has 0 amide bonds. The van der Waals surface area contributed by atoms with E-state index in [0.717, 1.165) is 11.5 Å². The lowest BCUT2D eigenvalue weighted by molar-refractivity contribution is 0.588. The first-order chi connectivity index (χ1) is 29.2. The lowest BCUT2D eigenvalue weighted by atomic mass is 9.33. The van der Waals surface area contributed by atoms with Gasteiger partial charge in [0.15, 0.2) is 0 Å². The smallest absolute Gasteiger partial charge is 0.257 e. The molecule has 2 aliphatic heterocycles. The van der Waals surface area contributed by atoms with E-state index < -0.39 is 0 Å². The van der Waals surface area contributed by atoms with Crippen LogP contribution in [0.15, 0.2) is 107 Å². The SMILES string of the molecule is Cc1cc2c3c(c1)N(c1c(C)cc(C(C)(C)C)cc1C)c1oc4ccc(C(C)(C)C)cc4c1B3c1cc(C(C)(C)C)ccc1N2c1c(C)cc(-c2csc3ccccc23)cc1C. The Hall–Kier alpha value is -5.52. The highest BCUT2D eigenvalue weighted by molar-refractivity contribution is 7.17. The number of anilines is 6. The molecule has 10 rings (SSSR count). The molecule has 0 bridgehead atoms. The van der Waals surface area contributed by atoms with E-state index in [-0.39, 0.29) is 23.0 Å². The van der Waals surface area contributed by atoms with E-state index in [1.54, 1.807) is 0 Å². The predicted molar refractivity (Wildman–Crippen MR) is 271 cm³/mol. The molecule has 2 aliphatic rings. The van der Waals surface area contributed by atoms with Gasteiger partial charge in [0.25, 0.3) is 6.71 Å². The highest BCUT2D eigenvalue weighted by atomic mass is 32.1. The van der Waals surface area contributed by atoms with Crippen molar-refractivity contribution in [2.75, 3.05) is 9.80 Å². The normalized spacial score (nSPS) is 13.9. The standard InChI is InChI=1S/C57H59BN2OS/c1-32-23-46-51-47(24-32)60(53-35(4)27-40(28-36(53)5)57(12,13)14)54-50(42-29-38(55(6,7)8)20-22-48(42)61-54)58(51)44-30-39(56(9,10)11)19-21-45(44)59(46)52-33(2)25-37(26-34(52)3)43-31-62-49-18-16-15-17-41(43)49/h15-31H,1-14H3. The van der Waals surface area contributed by atoms with Gasteiger partial charge in [-0.2, -0.15) is 0 Å². The van der Waals surface area contributed by atoms with Crippen molar-refractivity contribution in [2.24, 2.45) is 0 Å². The molecule has 2 aromatic heterocycles. The summed E-state index contributed by atoms with van der Waals surface area (Å²) in [4.78, 5) is 5.10. The average Bonchev–Trinajstić information content (AvgIpc) is 3.79. The van der Waals surface area contributed by atoms with E-state index in [0.29, 0.717) is 0 Å². The summed E-state index contributed by atoms with van der Waals surface area (Å²) < 4.78 is 8.60. The van der Waals surface area contributed by atoms with Crippen LogP contribution in [0.1, 0.15) is 107 Å². The second-order valence-corrected chi connectivity index (χ2v) is 22.4. The molecule has 0 saturated carbocycles. The van der Waals surface area contributed by atoms with Gasteiger partial charge in [-0.15, -0.1) is 11.3 Å². The van der Waals surface area contributed by atoms with Crippen LogP contribution in [0, 0.1) is 34.6 Å². The van der Waals surface area contributed by atoms with Gasteiger partial charge in [0.05, 0.1) is 11.4 Å². The van der Waals surface area contributed by atoms with Crippen LogP contribution in [-0.4, -0.2) is 6.71 Å². The van der Waals surface area contributed by atoms with Crippen molar-refractivity contribution in [2.45, 2.75) is 113 Å². The van der Waals surface area contributed by atoms with E-state index >= 15 is 0 Å². The summed E-state index contributed by atoms with van der Waals surface area (Å²) in [6.07, 6.45) is 0. The first-order valence-electron chi connectivity index (χ1n) is 22.4. The molecule has 0 N–H and O–H groups in total. The van der Waals surface area contributed by atoms with Gasteiger partial charge in [0, 0.05) is 43.6 Å². The zero-order valence-electron chi connectivity index (χ0n) is 39.1. The highest BCUT2D eigenvalue weighted by Gasteiger charge is 2.47. The van der Waals surface area contributed by atoms with Crippen molar-refractivity contribution < 1.29 is 4.42 Å². The Morgan fingerprint density at radius 2 is 1.08 bits per heavy atom. The first-order valence-corrected chi connectivity index (χ1v) is 23.2. The van der Waals surface area contributed by atoms with Crippen LogP contribution in [0.25, 0.3) is 32.2 Å². The van der Waals surface area contributed by atoms with E-state index in [2.05, 4.69) is 209 Å². The topological polar surface area (TPSA) is 19.6 Å². The minimum atomic E-state index is -0.0524. The third kappa shape index (κ3) is 6.21. The monoisotopic (exact) mass is 830 g/mol. The predicted octanol–water partition coefficient (Wildman–Crippen LogP) is 14.8. The van der Waals surface area contributed by atoms with Crippen LogP contribution in [0.5, 0.6) is 0 Å². The number of thiophene rings is 1. The molecule has 0 unspecified atom stereocenters. The second-order valence-electron chi connectivity index (χ2n) is 21.4. The largest absolute Gasteiger partial charge is 0.440 e. The molecule has 0 atom stereocenters. The Morgan fingerprint density at radius 1 is 0.516 bits per heavy atom. The average molecular weight is 831 g/mol. The maximum atomic E-state index is 7.28. The first kappa shape index (κ1) is 40.6. The molecule has 3 nitrogen and oxygen atoms in total. The fourth-order valence-corrected chi connectivity index (χ4v) is 11.4. The lowest BCUT2D eigenvalue weighted by Crippen LogP contribution is -2.61. The summed E-state index contributed by atoms with van der Waals surface area (Å²) in [5.74, 6) is 0.926. The molecule has 4 heterocycles. The number of hydrogen-bond donors (Lipinski definition) is 0. The number of fused-ring (bicyclic) bond motifs is 7. The van der Waals surface area contributed by atoms with Gasteiger partial charge < -0.3 is 9.32 Å². The zero-order valence-corrected chi connectivity index (χ0v) is 39.9. The number of benzene rings is 6. The third-order valence-electron chi connectivity index (χ3n) is 13.6. The van der Waals surface area contributed by atoms with Gasteiger partial charge >= 0.3 is 0 Å². The molecule has 62 heavy (non-hydrogen) atoms. The maximum Gasteiger partial charge on any atom is 0.257 e. The summed E-state index contributed by atoms with van der Waals surface area (Å²) in [6.45, 7) is 32.3. The summed E-state index contributed by atoms with van der Waals surface area (Å²) >= 11 is 1.83. The Kier molecular flexibility index (Phi) is 8.99. The van der Waals surface area contributed by atoms with E-state index in [9.17, 15) is 0 Å². The Labute approximate surface area is 373 Å². The van der Waals surface area contributed by atoms with E-state index in [1.165, 1.54) is 116 Å². The molecular weight excluding hydrogens is 772 g/mol. The molecule has 8 aromatic rings. The van der Waals surface area contributed by atoms with Crippen molar-refractivity contribution in [1.82, 2.24) is 0 Å². The van der Waals surface area contributed by atoms with Gasteiger partial charge in [-0.1, -0.05) is 111 Å². The molecule has 0 saturated heterocycles. The van der Waals surface area contributed by atoms with Crippen LogP contribution in [0.4, 0.5) is 34.3 Å². The minimum absolute atomic E-state index is 0.0220.